The molecule has 0 unspecified atom stereocenters. The number of rotatable bonds is 6. The monoisotopic (exact) mass is 222 g/mol. The summed E-state index contributed by atoms with van der Waals surface area (Å²) in [7, 11) is 0. The van der Waals surface area contributed by atoms with Crippen molar-refractivity contribution in [2.45, 2.75) is 33.6 Å². The standard InChI is InChI=1S/C12H22N4/c1-4-5-10-6-11(16-9-15-10)14-8-12(2,3)7-13/h6,9H,4-5,7-8,13H2,1-3H3,(H,14,15,16). The minimum Gasteiger partial charge on any atom is -0.369 e. The molecule has 1 aromatic heterocycles. The van der Waals surface area contributed by atoms with Gasteiger partial charge in [0.1, 0.15) is 12.1 Å². The van der Waals surface area contributed by atoms with Crippen molar-refractivity contribution in [1.82, 2.24) is 9.97 Å². The molecule has 0 spiro atoms. The summed E-state index contributed by atoms with van der Waals surface area (Å²) in [4.78, 5) is 8.41. The highest BCUT2D eigenvalue weighted by Crippen LogP contribution is 2.14. The van der Waals surface area contributed by atoms with Gasteiger partial charge in [0.2, 0.25) is 0 Å². The molecule has 0 fully saturated rings. The molecule has 0 radical (unpaired) electrons. The summed E-state index contributed by atoms with van der Waals surface area (Å²) >= 11 is 0. The van der Waals surface area contributed by atoms with E-state index in [1.165, 1.54) is 0 Å². The van der Waals surface area contributed by atoms with E-state index in [1.54, 1.807) is 6.33 Å². The van der Waals surface area contributed by atoms with E-state index in [4.69, 9.17) is 5.73 Å². The van der Waals surface area contributed by atoms with Gasteiger partial charge < -0.3 is 11.1 Å². The van der Waals surface area contributed by atoms with E-state index in [-0.39, 0.29) is 5.41 Å². The van der Waals surface area contributed by atoms with Crippen molar-refractivity contribution in [1.29, 1.82) is 0 Å². The molecule has 0 bridgehead atoms. The molecule has 0 amide bonds. The lowest BCUT2D eigenvalue weighted by atomic mass is 9.94. The molecular weight excluding hydrogens is 200 g/mol. The molecule has 0 aliphatic heterocycles. The normalized spacial score (nSPS) is 11.5. The van der Waals surface area contributed by atoms with Gasteiger partial charge >= 0.3 is 0 Å². The molecule has 1 aromatic rings. The van der Waals surface area contributed by atoms with E-state index < -0.39 is 0 Å². The van der Waals surface area contributed by atoms with Crippen molar-refractivity contribution in [2.75, 3.05) is 18.4 Å². The summed E-state index contributed by atoms with van der Waals surface area (Å²) in [5.41, 5.74) is 6.86. The first-order valence-corrected chi connectivity index (χ1v) is 5.82. The molecule has 0 aromatic carbocycles. The molecule has 1 rings (SSSR count). The van der Waals surface area contributed by atoms with E-state index >= 15 is 0 Å². The van der Waals surface area contributed by atoms with Gasteiger partial charge in [0.15, 0.2) is 0 Å². The summed E-state index contributed by atoms with van der Waals surface area (Å²) in [6.45, 7) is 7.90. The Kier molecular flexibility index (Phi) is 4.68. The molecule has 4 nitrogen and oxygen atoms in total. The zero-order valence-corrected chi connectivity index (χ0v) is 10.5. The van der Waals surface area contributed by atoms with Gasteiger partial charge in [-0.15, -0.1) is 0 Å². The minimum absolute atomic E-state index is 0.0931. The Bertz CT molecular complexity index is 323. The van der Waals surface area contributed by atoms with Crippen LogP contribution in [-0.2, 0) is 6.42 Å². The fourth-order valence-corrected chi connectivity index (χ4v) is 1.29. The Hall–Kier alpha value is -1.16. The fraction of sp³-hybridized carbons (Fsp3) is 0.667. The maximum Gasteiger partial charge on any atom is 0.129 e. The van der Waals surface area contributed by atoms with E-state index in [0.29, 0.717) is 6.54 Å². The van der Waals surface area contributed by atoms with Crippen molar-refractivity contribution in [3.8, 4) is 0 Å². The lowest BCUT2D eigenvalue weighted by Gasteiger charge is -2.22. The minimum atomic E-state index is 0.0931. The van der Waals surface area contributed by atoms with Crippen molar-refractivity contribution in [2.24, 2.45) is 11.1 Å². The van der Waals surface area contributed by atoms with Crippen LogP contribution >= 0.6 is 0 Å². The lowest BCUT2D eigenvalue weighted by Crippen LogP contribution is -2.31. The van der Waals surface area contributed by atoms with E-state index in [0.717, 1.165) is 30.9 Å². The van der Waals surface area contributed by atoms with Gasteiger partial charge in [-0.05, 0) is 18.4 Å². The van der Waals surface area contributed by atoms with Crippen LogP contribution in [0.25, 0.3) is 0 Å². The summed E-state index contributed by atoms with van der Waals surface area (Å²) in [6, 6.07) is 2.01. The van der Waals surface area contributed by atoms with Crippen molar-refractivity contribution >= 4 is 5.82 Å². The maximum atomic E-state index is 5.68. The number of hydrogen-bond acceptors (Lipinski definition) is 4. The number of aryl methyl sites for hydroxylation is 1. The number of nitrogens with zero attached hydrogens (tertiary/aromatic N) is 2. The Morgan fingerprint density at radius 1 is 1.38 bits per heavy atom. The van der Waals surface area contributed by atoms with Gasteiger partial charge in [0.05, 0.1) is 0 Å². The third-order valence-corrected chi connectivity index (χ3v) is 2.53. The molecule has 1 heterocycles. The largest absolute Gasteiger partial charge is 0.369 e. The van der Waals surface area contributed by atoms with Crippen LogP contribution in [0.5, 0.6) is 0 Å². The summed E-state index contributed by atoms with van der Waals surface area (Å²) in [5, 5.41) is 3.30. The SMILES string of the molecule is CCCc1cc(NCC(C)(C)CN)ncn1. The second-order valence-corrected chi connectivity index (χ2v) is 4.87. The summed E-state index contributed by atoms with van der Waals surface area (Å²) in [5.74, 6) is 0.889. The number of nitrogens with one attached hydrogen (secondary N) is 1. The van der Waals surface area contributed by atoms with Crippen LogP contribution in [0.4, 0.5) is 5.82 Å². The van der Waals surface area contributed by atoms with Crippen LogP contribution in [0.1, 0.15) is 32.9 Å². The molecule has 90 valence electrons. The molecule has 3 N–H and O–H groups in total. The predicted molar refractivity (Wildman–Crippen MR) is 67.4 cm³/mol. The van der Waals surface area contributed by atoms with Crippen molar-refractivity contribution in [3.05, 3.63) is 18.1 Å². The van der Waals surface area contributed by atoms with Crippen molar-refractivity contribution in [3.63, 3.8) is 0 Å². The second kappa shape index (κ2) is 5.80. The summed E-state index contributed by atoms with van der Waals surface area (Å²) < 4.78 is 0. The Labute approximate surface area is 97.7 Å². The zero-order valence-electron chi connectivity index (χ0n) is 10.5. The smallest absolute Gasteiger partial charge is 0.129 e. The number of hydrogen-bond donors (Lipinski definition) is 2. The molecule has 16 heavy (non-hydrogen) atoms. The molecular formula is C12H22N4. The first kappa shape index (κ1) is 12.9. The van der Waals surface area contributed by atoms with E-state index in [2.05, 4.69) is 36.1 Å². The van der Waals surface area contributed by atoms with Crippen molar-refractivity contribution < 1.29 is 0 Å². The van der Waals surface area contributed by atoms with Crippen LogP contribution in [-0.4, -0.2) is 23.1 Å². The molecule has 0 atom stereocenters. The highest BCUT2D eigenvalue weighted by Gasteiger charge is 2.15. The van der Waals surface area contributed by atoms with Crippen LogP contribution in [0.15, 0.2) is 12.4 Å². The van der Waals surface area contributed by atoms with Gasteiger partial charge in [-0.25, -0.2) is 9.97 Å². The van der Waals surface area contributed by atoms with Crippen LogP contribution in [0, 0.1) is 5.41 Å². The summed E-state index contributed by atoms with van der Waals surface area (Å²) in [6.07, 6.45) is 3.71. The highest BCUT2D eigenvalue weighted by molar-refractivity contribution is 5.35. The van der Waals surface area contributed by atoms with Gasteiger partial charge in [-0.3, -0.25) is 0 Å². The van der Waals surface area contributed by atoms with Crippen LogP contribution in [0.2, 0.25) is 0 Å². The Balaban J connectivity index is 2.57. The number of nitrogens with two attached hydrogens (primary N) is 1. The van der Waals surface area contributed by atoms with Gasteiger partial charge in [0, 0.05) is 18.3 Å². The molecule has 0 aliphatic carbocycles. The number of aromatic nitrogens is 2. The molecule has 0 saturated carbocycles. The average molecular weight is 222 g/mol. The highest BCUT2D eigenvalue weighted by atomic mass is 15.0. The van der Waals surface area contributed by atoms with Crippen LogP contribution < -0.4 is 11.1 Å². The Morgan fingerprint density at radius 3 is 2.75 bits per heavy atom. The second-order valence-electron chi connectivity index (χ2n) is 4.87. The Morgan fingerprint density at radius 2 is 2.12 bits per heavy atom. The fourth-order valence-electron chi connectivity index (χ4n) is 1.29. The zero-order chi connectivity index (χ0) is 12.0. The first-order valence-electron chi connectivity index (χ1n) is 5.82. The van der Waals surface area contributed by atoms with Gasteiger partial charge in [-0.2, -0.15) is 0 Å². The van der Waals surface area contributed by atoms with Gasteiger partial charge in [-0.1, -0.05) is 27.2 Å². The first-order chi connectivity index (χ1) is 7.57. The van der Waals surface area contributed by atoms with E-state index in [1.807, 2.05) is 6.07 Å². The third-order valence-electron chi connectivity index (χ3n) is 2.53. The predicted octanol–water partition coefficient (Wildman–Crippen LogP) is 1.83. The number of anilines is 1. The molecule has 4 heteroatoms. The maximum absolute atomic E-state index is 5.68. The lowest BCUT2D eigenvalue weighted by molar-refractivity contribution is 0.405. The molecule has 0 aliphatic rings. The quantitative estimate of drug-likeness (QED) is 0.770. The van der Waals surface area contributed by atoms with Crippen LogP contribution in [0.3, 0.4) is 0 Å². The topological polar surface area (TPSA) is 63.8 Å². The van der Waals surface area contributed by atoms with E-state index in [9.17, 15) is 0 Å². The molecule has 0 saturated heterocycles. The average Bonchev–Trinajstić information content (AvgIpc) is 2.28. The van der Waals surface area contributed by atoms with Gasteiger partial charge in [0.25, 0.3) is 0 Å². The third kappa shape index (κ3) is 4.14.